The number of hydrogen-bond donors (Lipinski definition) is 0. The van der Waals surface area contributed by atoms with Gasteiger partial charge in [0.15, 0.2) is 5.82 Å². The standard InChI is InChI=1S/C29H22FN5O2S/c1-2-16-37-24-14-10-20(11-15-24)27-31-29-35(33-27)28(36)25(38-29)17-21-18-34(23-6-4-3-5-7-23)32-26(21)19-8-12-22(30)13-9-19/h3-15,17-18H,2,16H2,1H3/b25-17-. The Hall–Kier alpha value is -4.63. The largest absolute Gasteiger partial charge is 0.494 e. The van der Waals surface area contributed by atoms with Crippen LogP contribution in [0.15, 0.2) is 89.9 Å². The molecule has 0 radical (unpaired) electrons. The number of aromatic nitrogens is 5. The molecule has 0 amide bonds. The highest BCUT2D eigenvalue weighted by atomic mass is 32.1. The number of para-hydroxylation sites is 1. The van der Waals surface area contributed by atoms with E-state index in [0.717, 1.165) is 34.5 Å². The Balaban J connectivity index is 1.40. The van der Waals surface area contributed by atoms with Crippen molar-refractivity contribution in [2.24, 2.45) is 0 Å². The van der Waals surface area contributed by atoms with Crippen molar-refractivity contribution in [3.05, 3.63) is 111 Å². The fourth-order valence-electron chi connectivity index (χ4n) is 4.06. The lowest BCUT2D eigenvalue weighted by atomic mass is 10.1. The summed E-state index contributed by atoms with van der Waals surface area (Å²) >= 11 is 1.26. The summed E-state index contributed by atoms with van der Waals surface area (Å²) in [6.07, 6.45) is 4.58. The van der Waals surface area contributed by atoms with Gasteiger partial charge < -0.3 is 4.74 Å². The molecule has 38 heavy (non-hydrogen) atoms. The number of hydrogen-bond acceptors (Lipinski definition) is 6. The maximum absolute atomic E-state index is 13.6. The molecule has 3 heterocycles. The second-order valence-corrected chi connectivity index (χ2v) is 9.65. The molecule has 3 aromatic carbocycles. The van der Waals surface area contributed by atoms with Crippen molar-refractivity contribution < 1.29 is 9.13 Å². The molecule has 0 aliphatic carbocycles. The number of benzene rings is 3. The Morgan fingerprint density at radius 1 is 0.947 bits per heavy atom. The van der Waals surface area contributed by atoms with Crippen molar-refractivity contribution in [2.45, 2.75) is 13.3 Å². The minimum Gasteiger partial charge on any atom is -0.494 e. The third-order valence-corrected chi connectivity index (χ3v) is 6.89. The zero-order valence-corrected chi connectivity index (χ0v) is 21.2. The maximum Gasteiger partial charge on any atom is 0.291 e. The summed E-state index contributed by atoms with van der Waals surface area (Å²) in [4.78, 5) is 18.4. The fraction of sp³-hybridized carbons (Fsp3) is 0.103. The van der Waals surface area contributed by atoms with Gasteiger partial charge in [0.05, 0.1) is 16.8 Å². The van der Waals surface area contributed by atoms with Gasteiger partial charge in [-0.15, -0.1) is 5.10 Å². The number of halogens is 1. The minimum absolute atomic E-state index is 0.260. The van der Waals surface area contributed by atoms with Gasteiger partial charge in [0.25, 0.3) is 5.56 Å². The summed E-state index contributed by atoms with van der Waals surface area (Å²) in [6, 6.07) is 23.3. The molecule has 6 rings (SSSR count). The van der Waals surface area contributed by atoms with Crippen LogP contribution in [0.4, 0.5) is 4.39 Å². The van der Waals surface area contributed by atoms with E-state index in [9.17, 15) is 9.18 Å². The van der Waals surface area contributed by atoms with E-state index in [1.807, 2.05) is 60.8 Å². The van der Waals surface area contributed by atoms with E-state index in [1.165, 1.54) is 28.0 Å². The second-order valence-electron chi connectivity index (χ2n) is 8.64. The van der Waals surface area contributed by atoms with Crippen LogP contribution >= 0.6 is 11.3 Å². The van der Waals surface area contributed by atoms with Crippen LogP contribution in [-0.4, -0.2) is 31.0 Å². The van der Waals surface area contributed by atoms with Crippen LogP contribution in [0.25, 0.3) is 39.4 Å². The number of nitrogens with zero attached hydrogens (tertiary/aromatic N) is 5. The van der Waals surface area contributed by atoms with E-state index in [0.29, 0.717) is 27.6 Å². The molecule has 7 nitrogen and oxygen atoms in total. The van der Waals surface area contributed by atoms with Gasteiger partial charge in [-0.05, 0) is 73.2 Å². The summed E-state index contributed by atoms with van der Waals surface area (Å²) in [6.45, 7) is 2.71. The second kappa shape index (κ2) is 10.0. The van der Waals surface area contributed by atoms with Crippen LogP contribution in [0.2, 0.25) is 0 Å². The first-order chi connectivity index (χ1) is 18.6. The zero-order valence-electron chi connectivity index (χ0n) is 20.4. The minimum atomic E-state index is -0.326. The lowest BCUT2D eigenvalue weighted by molar-refractivity contribution is 0.317. The molecule has 0 bridgehead atoms. The van der Waals surface area contributed by atoms with E-state index in [2.05, 4.69) is 17.0 Å². The summed E-state index contributed by atoms with van der Waals surface area (Å²) in [5.74, 6) is 0.935. The third kappa shape index (κ3) is 4.59. The average molecular weight is 524 g/mol. The molecule has 3 aromatic heterocycles. The van der Waals surface area contributed by atoms with Crippen molar-refractivity contribution in [3.63, 3.8) is 0 Å². The molecule has 0 spiro atoms. The molecule has 0 N–H and O–H groups in total. The van der Waals surface area contributed by atoms with E-state index in [-0.39, 0.29) is 11.4 Å². The highest BCUT2D eigenvalue weighted by molar-refractivity contribution is 7.15. The zero-order chi connectivity index (χ0) is 26.1. The predicted molar refractivity (Wildman–Crippen MR) is 146 cm³/mol. The summed E-state index contributed by atoms with van der Waals surface area (Å²) < 4.78 is 22.8. The monoisotopic (exact) mass is 523 g/mol. The Morgan fingerprint density at radius 3 is 2.39 bits per heavy atom. The van der Waals surface area contributed by atoms with Crippen LogP contribution in [0.5, 0.6) is 5.75 Å². The third-order valence-electron chi connectivity index (χ3n) is 5.93. The van der Waals surface area contributed by atoms with E-state index in [4.69, 9.17) is 9.84 Å². The average Bonchev–Trinajstić information content (AvgIpc) is 3.64. The van der Waals surface area contributed by atoms with E-state index < -0.39 is 0 Å². The molecule has 0 aliphatic rings. The molecule has 9 heteroatoms. The highest BCUT2D eigenvalue weighted by Crippen LogP contribution is 2.25. The topological polar surface area (TPSA) is 74.3 Å². The van der Waals surface area contributed by atoms with Crippen molar-refractivity contribution in [1.29, 1.82) is 0 Å². The fourth-order valence-corrected chi connectivity index (χ4v) is 4.95. The molecule has 6 aromatic rings. The van der Waals surface area contributed by atoms with Crippen LogP contribution in [0, 0.1) is 5.82 Å². The maximum atomic E-state index is 13.6. The Morgan fingerprint density at radius 2 is 1.68 bits per heavy atom. The molecule has 188 valence electrons. The van der Waals surface area contributed by atoms with Crippen molar-refractivity contribution in [1.82, 2.24) is 24.4 Å². The van der Waals surface area contributed by atoms with Crippen LogP contribution in [0.3, 0.4) is 0 Å². The SMILES string of the molecule is CCCOc1ccc(-c2nc3s/c(=C\c4cn(-c5ccccc5)nc4-c4ccc(F)cc4)c(=O)n3n2)cc1. The molecule has 0 saturated heterocycles. The van der Waals surface area contributed by atoms with Crippen molar-refractivity contribution >= 4 is 22.4 Å². The van der Waals surface area contributed by atoms with Crippen molar-refractivity contribution in [2.75, 3.05) is 6.61 Å². The number of fused-ring (bicyclic) bond motifs is 1. The highest BCUT2D eigenvalue weighted by Gasteiger charge is 2.15. The van der Waals surface area contributed by atoms with E-state index >= 15 is 0 Å². The first kappa shape index (κ1) is 23.7. The molecule has 0 aliphatic heterocycles. The summed E-state index contributed by atoms with van der Waals surface area (Å²) in [7, 11) is 0. The molecule has 0 unspecified atom stereocenters. The Labute approximate surface area is 221 Å². The van der Waals surface area contributed by atoms with Crippen LogP contribution in [0.1, 0.15) is 18.9 Å². The van der Waals surface area contributed by atoms with E-state index in [1.54, 1.807) is 22.9 Å². The molecule has 0 fully saturated rings. The molecular weight excluding hydrogens is 501 g/mol. The Kier molecular flexibility index (Phi) is 6.27. The predicted octanol–water partition coefficient (Wildman–Crippen LogP) is 5.15. The van der Waals surface area contributed by atoms with Crippen LogP contribution in [-0.2, 0) is 0 Å². The first-order valence-electron chi connectivity index (χ1n) is 12.1. The quantitative estimate of drug-likeness (QED) is 0.290. The van der Waals surface area contributed by atoms with Gasteiger partial charge in [-0.25, -0.2) is 9.07 Å². The molecule has 0 saturated carbocycles. The Bertz CT molecular complexity index is 1820. The molecular formula is C29H22FN5O2S. The van der Waals surface area contributed by atoms with Crippen LogP contribution < -0.4 is 14.8 Å². The van der Waals surface area contributed by atoms with Gasteiger partial charge in [0.2, 0.25) is 4.96 Å². The van der Waals surface area contributed by atoms with Gasteiger partial charge in [-0.3, -0.25) is 4.79 Å². The summed E-state index contributed by atoms with van der Waals surface area (Å²) in [5, 5.41) is 9.20. The summed E-state index contributed by atoms with van der Waals surface area (Å²) in [5.41, 5.74) is 3.52. The van der Waals surface area contributed by atoms with Gasteiger partial charge in [-0.2, -0.15) is 14.6 Å². The van der Waals surface area contributed by atoms with Gasteiger partial charge in [-0.1, -0.05) is 36.5 Å². The van der Waals surface area contributed by atoms with Gasteiger partial charge in [0, 0.05) is 22.9 Å². The normalized spacial score (nSPS) is 11.9. The number of thiazole rings is 1. The number of ether oxygens (including phenoxy) is 1. The van der Waals surface area contributed by atoms with Gasteiger partial charge >= 0.3 is 0 Å². The van der Waals surface area contributed by atoms with Crippen molar-refractivity contribution in [3.8, 4) is 34.1 Å². The van der Waals surface area contributed by atoms with Gasteiger partial charge in [0.1, 0.15) is 17.3 Å². The smallest absolute Gasteiger partial charge is 0.291 e. The molecule has 0 atom stereocenters. The lowest BCUT2D eigenvalue weighted by Gasteiger charge is -2.04. The first-order valence-corrected chi connectivity index (χ1v) is 13.0. The number of rotatable bonds is 7. The lowest BCUT2D eigenvalue weighted by Crippen LogP contribution is -2.23.